The molecule has 4 rings (SSSR count). The van der Waals surface area contributed by atoms with Crippen molar-refractivity contribution in [3.8, 4) is 10.6 Å². The molecular formula is C23H24N4O2S. The maximum atomic E-state index is 12.5. The fourth-order valence-corrected chi connectivity index (χ4v) is 4.39. The van der Waals surface area contributed by atoms with Crippen molar-refractivity contribution >= 4 is 23.2 Å². The number of thiazole rings is 1. The van der Waals surface area contributed by atoms with Crippen molar-refractivity contribution < 1.29 is 9.59 Å². The summed E-state index contributed by atoms with van der Waals surface area (Å²) in [5.74, 6) is 0.00273. The Kier molecular flexibility index (Phi) is 6.18. The van der Waals surface area contributed by atoms with Gasteiger partial charge in [0.25, 0.3) is 5.91 Å². The topological polar surface area (TPSA) is 75.2 Å². The lowest BCUT2D eigenvalue weighted by Gasteiger charge is -2.32. The third-order valence-electron chi connectivity index (χ3n) is 5.27. The molecule has 0 radical (unpaired) electrons. The van der Waals surface area contributed by atoms with Gasteiger partial charge in [-0.2, -0.15) is 0 Å². The molecule has 3 heterocycles. The number of nitrogens with zero attached hydrogens (tertiary/aromatic N) is 3. The van der Waals surface area contributed by atoms with E-state index in [1.807, 2.05) is 10.3 Å². The number of rotatable bonds is 5. The van der Waals surface area contributed by atoms with Crippen LogP contribution < -0.4 is 5.32 Å². The monoisotopic (exact) mass is 420 g/mol. The van der Waals surface area contributed by atoms with Crippen LogP contribution in [0.3, 0.4) is 0 Å². The molecule has 0 atom stereocenters. The number of hydrogen-bond acceptors (Lipinski definition) is 5. The number of aryl methyl sites for hydroxylation is 1. The van der Waals surface area contributed by atoms with Crippen LogP contribution in [0, 0.1) is 6.92 Å². The van der Waals surface area contributed by atoms with Crippen LogP contribution in [0.15, 0.2) is 54.2 Å². The van der Waals surface area contributed by atoms with Gasteiger partial charge < -0.3 is 10.2 Å². The van der Waals surface area contributed by atoms with Crippen LogP contribution in [0.5, 0.6) is 0 Å². The molecule has 0 unspecified atom stereocenters. The second kappa shape index (κ2) is 9.17. The van der Waals surface area contributed by atoms with Crippen LogP contribution in [-0.4, -0.2) is 45.8 Å². The third kappa shape index (κ3) is 4.91. The van der Waals surface area contributed by atoms with Crippen LogP contribution in [0.25, 0.3) is 10.6 Å². The van der Waals surface area contributed by atoms with E-state index in [0.29, 0.717) is 18.7 Å². The first-order chi connectivity index (χ1) is 14.6. The molecule has 2 amide bonds. The highest BCUT2D eigenvalue weighted by Crippen LogP contribution is 2.24. The van der Waals surface area contributed by atoms with Gasteiger partial charge in [-0.15, -0.1) is 11.3 Å². The molecule has 0 bridgehead atoms. The second-order valence-electron chi connectivity index (χ2n) is 7.56. The minimum absolute atomic E-state index is 0.0188. The van der Waals surface area contributed by atoms with E-state index in [2.05, 4.69) is 46.5 Å². The van der Waals surface area contributed by atoms with E-state index in [0.717, 1.165) is 29.1 Å². The summed E-state index contributed by atoms with van der Waals surface area (Å²) in [6.07, 6.45) is 5.05. The van der Waals surface area contributed by atoms with Gasteiger partial charge >= 0.3 is 0 Å². The molecule has 0 aliphatic carbocycles. The standard InChI is InChI=1S/C23H24N4O2S/c1-16-2-4-17(5-3-16)22-26-20(15-30-22)14-21(28)25-19-8-12-27(13-9-19)23(29)18-6-10-24-11-7-18/h2-7,10-11,15,19H,8-9,12-14H2,1H3,(H,25,28). The lowest BCUT2D eigenvalue weighted by atomic mass is 10.0. The molecule has 6 nitrogen and oxygen atoms in total. The fourth-order valence-electron chi connectivity index (χ4n) is 3.56. The van der Waals surface area contributed by atoms with E-state index in [9.17, 15) is 9.59 Å². The number of likely N-dealkylation sites (tertiary alicyclic amines) is 1. The number of piperidine rings is 1. The summed E-state index contributed by atoms with van der Waals surface area (Å²) in [6, 6.07) is 11.8. The summed E-state index contributed by atoms with van der Waals surface area (Å²) in [4.78, 5) is 35.4. The molecule has 7 heteroatoms. The van der Waals surface area contributed by atoms with Crippen molar-refractivity contribution in [1.82, 2.24) is 20.2 Å². The highest BCUT2D eigenvalue weighted by molar-refractivity contribution is 7.13. The van der Waals surface area contributed by atoms with Gasteiger partial charge in [-0.3, -0.25) is 14.6 Å². The summed E-state index contributed by atoms with van der Waals surface area (Å²) >= 11 is 1.56. The predicted molar refractivity (Wildman–Crippen MR) is 117 cm³/mol. The molecule has 2 aromatic heterocycles. The van der Waals surface area contributed by atoms with Crippen molar-refractivity contribution in [3.05, 3.63) is 71.0 Å². The zero-order valence-electron chi connectivity index (χ0n) is 16.9. The quantitative estimate of drug-likeness (QED) is 0.686. The van der Waals surface area contributed by atoms with Crippen LogP contribution in [0.2, 0.25) is 0 Å². The van der Waals surface area contributed by atoms with Crippen LogP contribution in [-0.2, 0) is 11.2 Å². The first-order valence-corrected chi connectivity index (χ1v) is 11.0. The van der Waals surface area contributed by atoms with Crippen molar-refractivity contribution in [1.29, 1.82) is 0 Å². The van der Waals surface area contributed by atoms with Gasteiger partial charge in [0.1, 0.15) is 5.01 Å². The van der Waals surface area contributed by atoms with E-state index >= 15 is 0 Å². The molecule has 30 heavy (non-hydrogen) atoms. The first-order valence-electron chi connectivity index (χ1n) is 10.1. The molecule has 0 saturated carbocycles. The van der Waals surface area contributed by atoms with Gasteiger partial charge in [0.2, 0.25) is 5.91 Å². The largest absolute Gasteiger partial charge is 0.353 e. The molecule has 1 fully saturated rings. The number of carbonyl (C=O) groups is 2. The molecule has 1 saturated heterocycles. The van der Waals surface area contributed by atoms with Crippen LogP contribution in [0.1, 0.15) is 34.5 Å². The van der Waals surface area contributed by atoms with E-state index in [4.69, 9.17) is 0 Å². The van der Waals surface area contributed by atoms with E-state index in [1.165, 1.54) is 5.56 Å². The van der Waals surface area contributed by atoms with Gasteiger partial charge in [-0.25, -0.2) is 4.98 Å². The van der Waals surface area contributed by atoms with Gasteiger partial charge in [-0.05, 0) is 31.9 Å². The number of benzene rings is 1. The van der Waals surface area contributed by atoms with Crippen molar-refractivity contribution in [2.75, 3.05) is 13.1 Å². The van der Waals surface area contributed by atoms with Crippen molar-refractivity contribution in [2.24, 2.45) is 0 Å². The Morgan fingerprint density at radius 2 is 1.80 bits per heavy atom. The number of carbonyl (C=O) groups excluding carboxylic acids is 2. The summed E-state index contributed by atoms with van der Waals surface area (Å²) < 4.78 is 0. The Balaban J connectivity index is 1.26. The fraction of sp³-hybridized carbons (Fsp3) is 0.304. The summed E-state index contributed by atoms with van der Waals surface area (Å²) in [5, 5.41) is 5.98. The number of amides is 2. The zero-order chi connectivity index (χ0) is 20.9. The minimum Gasteiger partial charge on any atom is -0.353 e. The summed E-state index contributed by atoms with van der Waals surface area (Å²) in [5.41, 5.74) is 3.73. The average molecular weight is 421 g/mol. The van der Waals surface area contributed by atoms with Gasteiger partial charge in [0.05, 0.1) is 12.1 Å². The summed E-state index contributed by atoms with van der Waals surface area (Å²) in [7, 11) is 0. The number of nitrogens with one attached hydrogen (secondary N) is 1. The highest BCUT2D eigenvalue weighted by Gasteiger charge is 2.24. The lowest BCUT2D eigenvalue weighted by molar-refractivity contribution is -0.121. The normalized spacial score (nSPS) is 14.5. The maximum absolute atomic E-state index is 12.5. The molecule has 3 aromatic rings. The number of aromatic nitrogens is 2. The van der Waals surface area contributed by atoms with Crippen LogP contribution >= 0.6 is 11.3 Å². The molecule has 1 aliphatic heterocycles. The molecule has 154 valence electrons. The predicted octanol–water partition coefficient (Wildman–Crippen LogP) is 3.48. The molecular weight excluding hydrogens is 396 g/mol. The van der Waals surface area contributed by atoms with Gasteiger partial charge in [0, 0.05) is 48.0 Å². The summed E-state index contributed by atoms with van der Waals surface area (Å²) in [6.45, 7) is 3.34. The van der Waals surface area contributed by atoms with Crippen molar-refractivity contribution in [3.63, 3.8) is 0 Å². The SMILES string of the molecule is Cc1ccc(-c2nc(CC(=O)NC3CCN(C(=O)c4ccncc4)CC3)cs2)cc1. The number of pyridine rings is 1. The number of hydrogen-bond donors (Lipinski definition) is 1. The second-order valence-corrected chi connectivity index (χ2v) is 8.41. The molecule has 1 N–H and O–H groups in total. The van der Waals surface area contributed by atoms with Crippen LogP contribution in [0.4, 0.5) is 0 Å². The third-order valence-corrected chi connectivity index (χ3v) is 6.21. The zero-order valence-corrected chi connectivity index (χ0v) is 17.7. The Morgan fingerprint density at radius 3 is 2.50 bits per heavy atom. The van der Waals surface area contributed by atoms with Crippen molar-refractivity contribution in [2.45, 2.75) is 32.2 Å². The van der Waals surface area contributed by atoms with E-state index < -0.39 is 0 Å². The highest BCUT2D eigenvalue weighted by atomic mass is 32.1. The minimum atomic E-state index is -0.0188. The van der Waals surface area contributed by atoms with Gasteiger partial charge in [-0.1, -0.05) is 29.8 Å². The maximum Gasteiger partial charge on any atom is 0.253 e. The van der Waals surface area contributed by atoms with E-state index in [-0.39, 0.29) is 24.3 Å². The molecule has 1 aromatic carbocycles. The average Bonchev–Trinajstić information content (AvgIpc) is 3.23. The Bertz CT molecular complexity index is 1010. The lowest BCUT2D eigenvalue weighted by Crippen LogP contribution is -2.46. The smallest absolute Gasteiger partial charge is 0.253 e. The molecule has 1 aliphatic rings. The van der Waals surface area contributed by atoms with Gasteiger partial charge in [0.15, 0.2) is 0 Å². The first kappa shape index (κ1) is 20.2. The Labute approximate surface area is 180 Å². The Hall–Kier alpha value is -3.06. The molecule has 0 spiro atoms. The Morgan fingerprint density at radius 1 is 1.10 bits per heavy atom. The van der Waals surface area contributed by atoms with E-state index in [1.54, 1.807) is 35.9 Å².